The molecule has 2 N–H and O–H groups in total. The number of pyridine rings is 1. The predicted octanol–water partition coefficient (Wildman–Crippen LogP) is 5.10. The number of benzene rings is 2. The van der Waals surface area contributed by atoms with Crippen LogP contribution in [0.15, 0.2) is 72.4 Å². The number of nitrogens with zero attached hydrogens (tertiary/aromatic N) is 4. The van der Waals surface area contributed by atoms with Crippen LogP contribution in [0, 0.1) is 5.82 Å². The molecule has 0 unspecified atom stereocenters. The quantitative estimate of drug-likeness (QED) is 0.325. The van der Waals surface area contributed by atoms with E-state index in [2.05, 4.69) is 30.6 Å². The summed E-state index contributed by atoms with van der Waals surface area (Å²) in [4.78, 5) is 42.7. The number of para-hydroxylation sites is 1. The van der Waals surface area contributed by atoms with E-state index in [9.17, 15) is 14.0 Å². The molecule has 2 aromatic heterocycles. The van der Waals surface area contributed by atoms with Crippen molar-refractivity contribution in [2.45, 2.75) is 12.8 Å². The van der Waals surface area contributed by atoms with Crippen molar-refractivity contribution in [2.24, 2.45) is 4.99 Å². The van der Waals surface area contributed by atoms with Crippen molar-refractivity contribution in [3.63, 3.8) is 0 Å². The fraction of sp³-hybridized carbons (Fsp3) is 0.0769. The summed E-state index contributed by atoms with van der Waals surface area (Å²) in [6, 6.07) is 9.83. The second-order valence-corrected chi connectivity index (χ2v) is 9.37. The first-order chi connectivity index (χ1) is 18.8. The molecule has 13 heteroatoms. The van der Waals surface area contributed by atoms with E-state index in [1.807, 2.05) is 0 Å². The van der Waals surface area contributed by atoms with E-state index in [1.54, 1.807) is 24.3 Å². The lowest BCUT2D eigenvalue weighted by molar-refractivity contribution is -0.117. The van der Waals surface area contributed by atoms with Crippen molar-refractivity contribution in [2.75, 3.05) is 5.32 Å². The molecule has 196 valence electrons. The second kappa shape index (κ2) is 11.3. The molecule has 2 aromatic carbocycles. The van der Waals surface area contributed by atoms with Crippen LogP contribution in [-0.4, -0.2) is 38.6 Å². The molecule has 0 fully saturated rings. The molecule has 0 spiro atoms. The number of amides is 2. The Balaban J connectivity index is 1.51. The standard InChI is InChI=1S/C26H16Cl3FN6O3/c27-13-7-17(28)21(18(29)8-13)22-15-3-1-2-4-20(15)34-26(38)24(35-22)36-25(37)16-10-32-11-19(30)23(16)39-12-14-9-31-5-6-33-14/h1-11,24H,12H2,(H,34,38)(H,36,37)/t24-/m1/s1. The number of halogens is 4. The minimum atomic E-state index is -1.46. The summed E-state index contributed by atoms with van der Waals surface area (Å²) >= 11 is 19.0. The maximum Gasteiger partial charge on any atom is 0.269 e. The number of anilines is 1. The van der Waals surface area contributed by atoms with Crippen LogP contribution in [-0.2, 0) is 11.4 Å². The first-order valence-electron chi connectivity index (χ1n) is 11.3. The van der Waals surface area contributed by atoms with Gasteiger partial charge in [0.15, 0.2) is 11.6 Å². The van der Waals surface area contributed by atoms with Gasteiger partial charge >= 0.3 is 0 Å². The number of nitrogens with one attached hydrogen (secondary N) is 2. The summed E-state index contributed by atoms with van der Waals surface area (Å²) in [6.07, 6.45) is 4.93. The topological polar surface area (TPSA) is 118 Å². The van der Waals surface area contributed by atoms with Gasteiger partial charge in [-0.1, -0.05) is 53.0 Å². The minimum absolute atomic E-state index is 0.163. The van der Waals surface area contributed by atoms with Gasteiger partial charge in [-0.3, -0.25) is 24.5 Å². The van der Waals surface area contributed by atoms with Gasteiger partial charge in [-0.15, -0.1) is 0 Å². The number of benzodiazepines with no additional fused rings is 1. The zero-order valence-corrected chi connectivity index (χ0v) is 21.9. The van der Waals surface area contributed by atoms with Gasteiger partial charge in [-0.05, 0) is 18.2 Å². The molecule has 3 heterocycles. The monoisotopic (exact) mass is 584 g/mol. The minimum Gasteiger partial charge on any atom is -0.483 e. The summed E-state index contributed by atoms with van der Waals surface area (Å²) in [7, 11) is 0. The van der Waals surface area contributed by atoms with Crippen molar-refractivity contribution >= 4 is 58.0 Å². The molecular weight excluding hydrogens is 570 g/mol. The fourth-order valence-electron chi connectivity index (χ4n) is 3.81. The number of aliphatic imine (C=N–C) groups is 1. The van der Waals surface area contributed by atoms with Crippen molar-refractivity contribution in [3.8, 4) is 5.75 Å². The number of hydrogen-bond acceptors (Lipinski definition) is 7. The molecule has 2 amide bonds. The molecule has 1 aliphatic rings. The average molecular weight is 586 g/mol. The summed E-state index contributed by atoms with van der Waals surface area (Å²) < 4.78 is 20.2. The Labute approximate surface area is 236 Å². The number of carbonyl (C=O) groups excluding carboxylic acids is 2. The van der Waals surface area contributed by atoms with Crippen LogP contribution in [0.2, 0.25) is 15.1 Å². The number of rotatable bonds is 6. The Kier molecular flexibility index (Phi) is 7.69. The molecule has 0 bridgehead atoms. The molecule has 0 aliphatic carbocycles. The van der Waals surface area contributed by atoms with Crippen molar-refractivity contribution in [3.05, 3.63) is 111 Å². The van der Waals surface area contributed by atoms with Crippen LogP contribution in [0.4, 0.5) is 10.1 Å². The van der Waals surface area contributed by atoms with E-state index in [4.69, 9.17) is 39.5 Å². The van der Waals surface area contributed by atoms with Gasteiger partial charge in [0.2, 0.25) is 6.17 Å². The zero-order chi connectivity index (χ0) is 27.5. The summed E-state index contributed by atoms with van der Waals surface area (Å²) in [5.41, 5.74) is 1.62. The molecule has 9 nitrogen and oxygen atoms in total. The number of carbonyl (C=O) groups is 2. The molecule has 0 saturated heterocycles. The predicted molar refractivity (Wildman–Crippen MR) is 144 cm³/mol. The molecule has 1 atom stereocenters. The SMILES string of the molecule is O=C(N[C@H]1N=C(c2c(Cl)cc(Cl)cc2Cl)c2ccccc2NC1=O)c1cncc(F)c1OCc1cnccn1. The van der Waals surface area contributed by atoms with Gasteiger partial charge in [-0.2, -0.15) is 0 Å². The lowest BCUT2D eigenvalue weighted by atomic mass is 10.0. The Morgan fingerprint density at radius 2 is 1.82 bits per heavy atom. The zero-order valence-electron chi connectivity index (χ0n) is 19.7. The third kappa shape index (κ3) is 5.68. The maximum absolute atomic E-state index is 14.7. The molecule has 1 aliphatic heterocycles. The average Bonchev–Trinajstić information content (AvgIpc) is 3.04. The largest absolute Gasteiger partial charge is 0.483 e. The highest BCUT2D eigenvalue weighted by molar-refractivity contribution is 6.44. The van der Waals surface area contributed by atoms with Crippen LogP contribution in [0.1, 0.15) is 27.2 Å². The normalized spacial score (nSPS) is 14.5. The molecule has 0 saturated carbocycles. The highest BCUT2D eigenvalue weighted by atomic mass is 35.5. The third-order valence-electron chi connectivity index (χ3n) is 5.54. The fourth-order valence-corrected chi connectivity index (χ4v) is 4.80. The van der Waals surface area contributed by atoms with E-state index < -0.39 is 23.8 Å². The highest BCUT2D eigenvalue weighted by Gasteiger charge is 2.30. The van der Waals surface area contributed by atoms with E-state index in [-0.39, 0.29) is 33.7 Å². The van der Waals surface area contributed by atoms with Crippen molar-refractivity contribution in [1.29, 1.82) is 0 Å². The molecule has 5 rings (SSSR count). The number of ether oxygens (including phenoxy) is 1. The van der Waals surface area contributed by atoms with E-state index in [0.717, 1.165) is 12.4 Å². The lowest BCUT2D eigenvalue weighted by Crippen LogP contribution is -2.42. The Hall–Kier alpha value is -4.12. The van der Waals surface area contributed by atoms with Gasteiger partial charge < -0.3 is 15.4 Å². The van der Waals surface area contributed by atoms with Crippen LogP contribution in [0.25, 0.3) is 0 Å². The van der Waals surface area contributed by atoms with E-state index in [1.165, 1.54) is 30.7 Å². The first-order valence-corrected chi connectivity index (χ1v) is 12.4. The third-order valence-corrected chi connectivity index (χ3v) is 6.35. The number of fused-ring (bicyclic) bond motifs is 1. The van der Waals surface area contributed by atoms with E-state index in [0.29, 0.717) is 27.5 Å². The maximum atomic E-state index is 14.7. The van der Waals surface area contributed by atoms with Crippen LogP contribution < -0.4 is 15.4 Å². The van der Waals surface area contributed by atoms with Gasteiger partial charge in [0.25, 0.3) is 11.8 Å². The van der Waals surface area contributed by atoms with Crippen LogP contribution in [0.5, 0.6) is 5.75 Å². The number of hydrogen-bond donors (Lipinski definition) is 2. The molecule has 0 radical (unpaired) electrons. The van der Waals surface area contributed by atoms with Crippen LogP contribution in [0.3, 0.4) is 0 Å². The van der Waals surface area contributed by atoms with Crippen molar-refractivity contribution in [1.82, 2.24) is 20.3 Å². The van der Waals surface area contributed by atoms with Gasteiger partial charge in [0, 0.05) is 34.7 Å². The molecular formula is C26H16Cl3FN6O3. The Morgan fingerprint density at radius 1 is 1.05 bits per heavy atom. The molecule has 39 heavy (non-hydrogen) atoms. The Bertz CT molecular complexity index is 1600. The first kappa shape index (κ1) is 26.5. The lowest BCUT2D eigenvalue weighted by Gasteiger charge is -2.16. The van der Waals surface area contributed by atoms with Gasteiger partial charge in [0.1, 0.15) is 12.2 Å². The Morgan fingerprint density at radius 3 is 2.56 bits per heavy atom. The summed E-state index contributed by atoms with van der Waals surface area (Å²) in [6.45, 7) is -0.163. The smallest absolute Gasteiger partial charge is 0.269 e. The van der Waals surface area contributed by atoms with Gasteiger partial charge in [0.05, 0.1) is 39.5 Å². The summed E-state index contributed by atoms with van der Waals surface area (Å²) in [5, 5.41) is 5.93. The van der Waals surface area contributed by atoms with E-state index >= 15 is 0 Å². The van der Waals surface area contributed by atoms with Gasteiger partial charge in [-0.25, -0.2) is 9.38 Å². The highest BCUT2D eigenvalue weighted by Crippen LogP contribution is 2.34. The van der Waals surface area contributed by atoms with Crippen molar-refractivity contribution < 1.29 is 18.7 Å². The second-order valence-electron chi connectivity index (χ2n) is 8.12. The number of aromatic nitrogens is 3. The molecule has 4 aromatic rings. The van der Waals surface area contributed by atoms with Crippen LogP contribution >= 0.6 is 34.8 Å². The summed E-state index contributed by atoms with van der Waals surface area (Å²) in [5.74, 6) is -2.77.